The lowest BCUT2D eigenvalue weighted by atomic mass is 10.2. The molecule has 1 aliphatic carbocycles. The van der Waals surface area contributed by atoms with Gasteiger partial charge in [0.1, 0.15) is 10.7 Å². The monoisotopic (exact) mass is 314 g/mol. The van der Waals surface area contributed by atoms with Gasteiger partial charge >= 0.3 is 0 Å². The molecule has 1 aromatic rings. The van der Waals surface area contributed by atoms with Crippen molar-refractivity contribution >= 4 is 10.0 Å². The molecule has 0 radical (unpaired) electrons. The van der Waals surface area contributed by atoms with Gasteiger partial charge in [-0.2, -0.15) is 4.31 Å². The van der Waals surface area contributed by atoms with E-state index in [9.17, 15) is 12.8 Å². The summed E-state index contributed by atoms with van der Waals surface area (Å²) in [4.78, 5) is -0.208. The van der Waals surface area contributed by atoms with E-state index < -0.39 is 15.8 Å². The minimum Gasteiger partial charge on any atom is -0.313 e. The number of benzene rings is 1. The summed E-state index contributed by atoms with van der Waals surface area (Å²) in [6.07, 6.45) is 2.13. The lowest BCUT2D eigenvalue weighted by Gasteiger charge is -2.21. The summed E-state index contributed by atoms with van der Waals surface area (Å²) in [7, 11) is -3.75. The van der Waals surface area contributed by atoms with E-state index in [4.69, 9.17) is 0 Å². The average molecular weight is 314 g/mol. The molecule has 0 atom stereocenters. The molecule has 21 heavy (non-hydrogen) atoms. The molecule has 4 nitrogen and oxygen atoms in total. The Morgan fingerprint density at radius 2 is 2.05 bits per heavy atom. The number of hydrogen-bond acceptors (Lipinski definition) is 3. The second kappa shape index (κ2) is 6.85. The van der Waals surface area contributed by atoms with Gasteiger partial charge in [-0.05, 0) is 43.0 Å². The third-order valence-electron chi connectivity index (χ3n) is 3.70. The fourth-order valence-corrected chi connectivity index (χ4v) is 3.89. The quantitative estimate of drug-likeness (QED) is 0.801. The summed E-state index contributed by atoms with van der Waals surface area (Å²) in [5.41, 5.74) is 0.777. The second-order valence-electron chi connectivity index (χ2n) is 5.44. The van der Waals surface area contributed by atoms with E-state index >= 15 is 0 Å². The van der Waals surface area contributed by atoms with Crippen molar-refractivity contribution in [2.24, 2.45) is 5.92 Å². The fraction of sp³-hybridized carbons (Fsp3) is 0.600. The Morgan fingerprint density at radius 3 is 2.62 bits per heavy atom. The molecule has 1 saturated carbocycles. The minimum absolute atomic E-state index is 0.208. The third-order valence-corrected chi connectivity index (χ3v) is 5.66. The van der Waals surface area contributed by atoms with Crippen molar-refractivity contribution in [2.75, 3.05) is 19.6 Å². The highest BCUT2D eigenvalue weighted by molar-refractivity contribution is 7.89. The molecule has 1 fully saturated rings. The molecular formula is C15H23FN2O2S. The number of sulfonamides is 1. The normalized spacial score (nSPS) is 15.6. The maximum atomic E-state index is 14.0. The summed E-state index contributed by atoms with van der Waals surface area (Å²) in [6, 6.07) is 4.31. The van der Waals surface area contributed by atoms with Gasteiger partial charge in [-0.15, -0.1) is 0 Å². The zero-order valence-electron chi connectivity index (χ0n) is 12.6. The molecule has 0 heterocycles. The topological polar surface area (TPSA) is 49.4 Å². The first-order chi connectivity index (χ1) is 9.98. The van der Waals surface area contributed by atoms with Crippen LogP contribution >= 0.6 is 0 Å². The van der Waals surface area contributed by atoms with Crippen molar-refractivity contribution in [3.63, 3.8) is 0 Å². The number of nitrogens with zero attached hydrogens (tertiary/aromatic N) is 1. The number of rotatable bonds is 8. The van der Waals surface area contributed by atoms with Gasteiger partial charge in [-0.1, -0.05) is 19.9 Å². The smallest absolute Gasteiger partial charge is 0.245 e. The van der Waals surface area contributed by atoms with Crippen LogP contribution in [0.5, 0.6) is 0 Å². The van der Waals surface area contributed by atoms with Crippen molar-refractivity contribution in [3.05, 3.63) is 29.6 Å². The van der Waals surface area contributed by atoms with Gasteiger partial charge in [-0.25, -0.2) is 12.8 Å². The lowest BCUT2D eigenvalue weighted by Crippen LogP contribution is -2.33. The summed E-state index contributed by atoms with van der Waals surface area (Å²) < 4.78 is 40.7. The predicted molar refractivity (Wildman–Crippen MR) is 80.9 cm³/mol. The molecule has 0 bridgehead atoms. The van der Waals surface area contributed by atoms with E-state index in [0.717, 1.165) is 24.9 Å². The first kappa shape index (κ1) is 16.4. The van der Waals surface area contributed by atoms with Crippen LogP contribution in [0.2, 0.25) is 0 Å². The first-order valence-corrected chi connectivity index (χ1v) is 8.92. The number of halogens is 1. The highest BCUT2D eigenvalue weighted by Crippen LogP contribution is 2.32. The first-order valence-electron chi connectivity index (χ1n) is 7.48. The van der Waals surface area contributed by atoms with Gasteiger partial charge < -0.3 is 5.32 Å². The van der Waals surface area contributed by atoms with Crippen molar-refractivity contribution < 1.29 is 12.8 Å². The summed E-state index contributed by atoms with van der Waals surface area (Å²) in [5.74, 6) is -0.239. The van der Waals surface area contributed by atoms with Crippen LogP contribution in [0.25, 0.3) is 0 Å². The summed E-state index contributed by atoms with van der Waals surface area (Å²) in [5, 5.41) is 3.12. The molecule has 1 N–H and O–H groups in total. The average Bonchev–Trinajstić information content (AvgIpc) is 3.27. The number of nitrogens with one attached hydrogen (secondary N) is 1. The van der Waals surface area contributed by atoms with Gasteiger partial charge in [0.2, 0.25) is 10.0 Å². The zero-order chi connectivity index (χ0) is 15.5. The molecule has 0 unspecified atom stereocenters. The maximum absolute atomic E-state index is 14.0. The molecule has 1 aromatic carbocycles. The molecule has 0 aromatic heterocycles. The standard InChI is InChI=1S/C15H23FN2O2S/c1-3-17-10-13-7-8-14(16)15(9-13)21(19,20)18(4-2)11-12-5-6-12/h7-9,12,17H,3-6,10-11H2,1-2H3. The van der Waals surface area contributed by atoms with Gasteiger partial charge in [-0.3, -0.25) is 0 Å². The Kier molecular flexibility index (Phi) is 5.35. The van der Waals surface area contributed by atoms with E-state index in [0.29, 0.717) is 25.6 Å². The van der Waals surface area contributed by atoms with E-state index in [-0.39, 0.29) is 4.90 Å². The Bertz CT molecular complexity index is 585. The molecule has 6 heteroatoms. The van der Waals surface area contributed by atoms with Gasteiger partial charge in [0.25, 0.3) is 0 Å². The van der Waals surface area contributed by atoms with Crippen LogP contribution in [-0.2, 0) is 16.6 Å². The van der Waals surface area contributed by atoms with E-state index in [1.54, 1.807) is 13.0 Å². The molecule has 0 saturated heterocycles. The van der Waals surface area contributed by atoms with Gasteiger partial charge in [0, 0.05) is 19.6 Å². The molecule has 118 valence electrons. The van der Waals surface area contributed by atoms with Crippen molar-refractivity contribution in [1.29, 1.82) is 0 Å². The van der Waals surface area contributed by atoms with Crippen molar-refractivity contribution in [2.45, 2.75) is 38.1 Å². The third kappa shape index (κ3) is 4.02. The zero-order valence-corrected chi connectivity index (χ0v) is 13.4. The van der Waals surface area contributed by atoms with Crippen LogP contribution in [0.1, 0.15) is 32.3 Å². The Balaban J connectivity index is 2.28. The fourth-order valence-electron chi connectivity index (χ4n) is 2.25. The molecule has 2 rings (SSSR count). The Morgan fingerprint density at radius 1 is 1.33 bits per heavy atom. The molecule has 1 aliphatic rings. The van der Waals surface area contributed by atoms with Gasteiger partial charge in [0.05, 0.1) is 0 Å². The van der Waals surface area contributed by atoms with Crippen LogP contribution in [0.15, 0.2) is 23.1 Å². The highest BCUT2D eigenvalue weighted by atomic mass is 32.2. The molecular weight excluding hydrogens is 291 g/mol. The second-order valence-corrected chi connectivity index (χ2v) is 7.35. The molecule has 0 spiro atoms. The van der Waals surface area contributed by atoms with Crippen molar-refractivity contribution in [3.8, 4) is 0 Å². The summed E-state index contributed by atoms with van der Waals surface area (Å²) >= 11 is 0. The Hall–Kier alpha value is -0.980. The number of hydrogen-bond donors (Lipinski definition) is 1. The van der Waals surface area contributed by atoms with Crippen LogP contribution in [-0.4, -0.2) is 32.4 Å². The Labute approximate surface area is 126 Å². The van der Waals surface area contributed by atoms with Crippen LogP contribution < -0.4 is 5.32 Å². The minimum atomic E-state index is -3.75. The predicted octanol–water partition coefficient (Wildman–Crippen LogP) is 2.36. The molecule has 0 amide bonds. The largest absolute Gasteiger partial charge is 0.313 e. The maximum Gasteiger partial charge on any atom is 0.245 e. The van der Waals surface area contributed by atoms with Crippen LogP contribution in [0.3, 0.4) is 0 Å². The van der Waals surface area contributed by atoms with E-state index in [2.05, 4.69) is 5.32 Å². The van der Waals surface area contributed by atoms with E-state index in [1.165, 1.54) is 16.4 Å². The molecule has 0 aliphatic heterocycles. The summed E-state index contributed by atoms with van der Waals surface area (Å²) in [6.45, 7) is 5.94. The SMILES string of the molecule is CCNCc1ccc(F)c(S(=O)(=O)N(CC)CC2CC2)c1. The van der Waals surface area contributed by atoms with Crippen LogP contribution in [0.4, 0.5) is 4.39 Å². The van der Waals surface area contributed by atoms with Crippen molar-refractivity contribution in [1.82, 2.24) is 9.62 Å². The van der Waals surface area contributed by atoms with Crippen LogP contribution in [0, 0.1) is 11.7 Å². The van der Waals surface area contributed by atoms with Gasteiger partial charge in [0.15, 0.2) is 0 Å². The van der Waals surface area contributed by atoms with E-state index in [1.807, 2.05) is 6.92 Å². The lowest BCUT2D eigenvalue weighted by molar-refractivity contribution is 0.408. The highest BCUT2D eigenvalue weighted by Gasteiger charge is 2.32.